The van der Waals surface area contributed by atoms with Gasteiger partial charge in [-0.2, -0.15) is 26.3 Å². The highest BCUT2D eigenvalue weighted by Crippen LogP contribution is 2.30. The third-order valence-corrected chi connectivity index (χ3v) is 6.39. The third-order valence-electron chi connectivity index (χ3n) is 6.39. The average molecular weight is 675 g/mol. The predicted octanol–water partition coefficient (Wildman–Crippen LogP) is 7.69. The fourth-order valence-electron chi connectivity index (χ4n) is 3.92. The van der Waals surface area contributed by atoms with Crippen LogP contribution in [0.25, 0.3) is 0 Å². The van der Waals surface area contributed by atoms with Crippen LogP contribution in [-0.2, 0) is 11.0 Å². The number of rotatable bonds is 8. The van der Waals surface area contributed by atoms with Crippen LogP contribution in [0.4, 0.5) is 53.9 Å². The number of amidine groups is 1. The number of halogens is 6. The molecule has 1 atom stereocenters. The van der Waals surface area contributed by atoms with Gasteiger partial charge in [0, 0.05) is 28.5 Å². The van der Waals surface area contributed by atoms with E-state index in [1.54, 1.807) is 60.7 Å². The Morgan fingerprint density at radius 2 is 1.19 bits per heavy atom. The van der Waals surface area contributed by atoms with Gasteiger partial charge >= 0.3 is 24.4 Å². The summed E-state index contributed by atoms with van der Waals surface area (Å²) >= 11 is 0. The Balaban J connectivity index is 0.000000804. The van der Waals surface area contributed by atoms with Crippen molar-refractivity contribution < 1.29 is 45.8 Å². The zero-order chi connectivity index (χ0) is 35.6. The summed E-state index contributed by atoms with van der Waals surface area (Å²) in [5.74, 6) is -3.27. The standard InChI is InChI=1S/C30H27F3N6O2.C2HF3O2/c1-18(19-6-8-21(9-7-19)28(40)37-23-16-12-22(13-17-23)30(31,32)33)36-25-4-2-3-5-26(25)39-29(41)38-24-14-10-20(11-15-24)27(34)35;3-2(4,5)1(6)7/h2-18,36H,1H3,(H3,34,35)(H,37,40)(H2,38,39,41);(H,6,7). The lowest BCUT2D eigenvalue weighted by Crippen LogP contribution is -2.21. The summed E-state index contributed by atoms with van der Waals surface area (Å²) in [4.78, 5) is 34.1. The number of nitrogen functional groups attached to an aromatic ring is 1. The molecule has 0 aliphatic rings. The number of nitrogens with two attached hydrogens (primary N) is 1. The lowest BCUT2D eigenvalue weighted by Gasteiger charge is -2.19. The number of carboxylic acid groups (broad SMARTS) is 1. The summed E-state index contributed by atoms with van der Waals surface area (Å²) in [5, 5.41) is 26.1. The molecule has 0 saturated heterocycles. The minimum absolute atomic E-state index is 0.0637. The van der Waals surface area contributed by atoms with Crippen molar-refractivity contribution in [1.82, 2.24) is 0 Å². The van der Waals surface area contributed by atoms with Crippen molar-refractivity contribution in [3.05, 3.63) is 119 Å². The zero-order valence-corrected chi connectivity index (χ0v) is 24.8. The van der Waals surface area contributed by atoms with Crippen molar-refractivity contribution in [2.45, 2.75) is 25.3 Å². The molecule has 4 rings (SSSR count). The summed E-state index contributed by atoms with van der Waals surface area (Å²) < 4.78 is 70.0. The van der Waals surface area contributed by atoms with Crippen molar-refractivity contribution >= 4 is 46.5 Å². The van der Waals surface area contributed by atoms with E-state index in [4.69, 9.17) is 21.0 Å². The van der Waals surface area contributed by atoms with Gasteiger partial charge in [-0.1, -0.05) is 24.3 Å². The third kappa shape index (κ3) is 10.8. The number of para-hydroxylation sites is 2. The number of urea groups is 1. The van der Waals surface area contributed by atoms with Crippen LogP contribution in [0.1, 0.15) is 40.0 Å². The first-order chi connectivity index (χ1) is 22.4. The number of alkyl halides is 6. The fraction of sp³-hybridized carbons (Fsp3) is 0.125. The lowest BCUT2D eigenvalue weighted by atomic mass is 10.0. The van der Waals surface area contributed by atoms with E-state index >= 15 is 0 Å². The van der Waals surface area contributed by atoms with E-state index in [1.807, 2.05) is 19.1 Å². The number of nitrogens with one attached hydrogen (secondary N) is 5. The molecule has 1 unspecified atom stereocenters. The van der Waals surface area contributed by atoms with E-state index < -0.39 is 35.8 Å². The Hall–Kier alpha value is -6.06. The van der Waals surface area contributed by atoms with Crippen molar-refractivity contribution in [3.63, 3.8) is 0 Å². The summed E-state index contributed by atoms with van der Waals surface area (Å²) in [6.07, 6.45) is -9.53. The average Bonchev–Trinajstić information content (AvgIpc) is 3.02. The van der Waals surface area contributed by atoms with Crippen LogP contribution in [0.5, 0.6) is 0 Å². The second kappa shape index (κ2) is 15.5. The molecule has 48 heavy (non-hydrogen) atoms. The number of hydrogen-bond donors (Lipinski definition) is 7. The monoisotopic (exact) mass is 674 g/mol. The number of benzene rings is 4. The molecule has 4 aromatic rings. The van der Waals surface area contributed by atoms with Crippen LogP contribution in [0, 0.1) is 5.41 Å². The van der Waals surface area contributed by atoms with E-state index in [9.17, 15) is 35.9 Å². The molecule has 252 valence electrons. The van der Waals surface area contributed by atoms with E-state index in [1.165, 1.54) is 12.1 Å². The quantitative estimate of drug-likeness (QED) is 0.0574. The molecule has 0 aliphatic carbocycles. The molecule has 0 spiro atoms. The van der Waals surface area contributed by atoms with Crippen LogP contribution in [0.3, 0.4) is 0 Å². The van der Waals surface area contributed by atoms with Crippen LogP contribution in [-0.4, -0.2) is 35.0 Å². The first-order valence-corrected chi connectivity index (χ1v) is 13.7. The summed E-state index contributed by atoms with van der Waals surface area (Å²) in [5.41, 5.74) is 8.43. The van der Waals surface area contributed by atoms with Gasteiger partial charge in [-0.15, -0.1) is 0 Å². The molecule has 0 bridgehead atoms. The maximum atomic E-state index is 12.8. The first-order valence-electron chi connectivity index (χ1n) is 13.7. The largest absolute Gasteiger partial charge is 0.490 e. The van der Waals surface area contributed by atoms with Crippen LogP contribution < -0.4 is 27.0 Å². The highest BCUT2D eigenvalue weighted by Gasteiger charge is 2.38. The second-order valence-electron chi connectivity index (χ2n) is 9.94. The van der Waals surface area contributed by atoms with Gasteiger partial charge in [0.05, 0.1) is 16.9 Å². The SMILES string of the molecule is CC(Nc1ccccc1NC(=O)Nc1ccc(C(=N)N)cc1)c1ccc(C(=O)Nc2ccc(C(F)(F)F)cc2)cc1.O=C(O)C(F)(F)F. The molecule has 0 radical (unpaired) electrons. The van der Waals surface area contributed by atoms with Gasteiger partial charge < -0.3 is 32.1 Å². The zero-order valence-electron chi connectivity index (χ0n) is 24.8. The Morgan fingerprint density at radius 1 is 0.708 bits per heavy atom. The van der Waals surface area contributed by atoms with Gasteiger partial charge in [-0.3, -0.25) is 10.2 Å². The van der Waals surface area contributed by atoms with Gasteiger partial charge in [0.1, 0.15) is 5.84 Å². The fourth-order valence-corrected chi connectivity index (χ4v) is 3.92. The van der Waals surface area contributed by atoms with Gasteiger partial charge in [0.2, 0.25) is 0 Å². The minimum Gasteiger partial charge on any atom is -0.475 e. The predicted molar refractivity (Wildman–Crippen MR) is 168 cm³/mol. The van der Waals surface area contributed by atoms with Crippen molar-refractivity contribution in [2.24, 2.45) is 5.73 Å². The van der Waals surface area contributed by atoms with Gasteiger partial charge in [0.25, 0.3) is 5.91 Å². The Labute approximate surface area is 269 Å². The molecular formula is C32H28F6N6O4. The maximum Gasteiger partial charge on any atom is 0.490 e. The maximum absolute atomic E-state index is 12.8. The smallest absolute Gasteiger partial charge is 0.475 e. The first kappa shape index (κ1) is 36.4. The molecule has 8 N–H and O–H groups in total. The molecule has 0 heterocycles. The number of hydrogen-bond acceptors (Lipinski definition) is 5. The van der Waals surface area contributed by atoms with Crippen LogP contribution in [0.2, 0.25) is 0 Å². The van der Waals surface area contributed by atoms with E-state index in [-0.39, 0.29) is 17.6 Å². The number of aliphatic carboxylic acids is 1. The molecule has 0 aromatic heterocycles. The van der Waals surface area contributed by atoms with Gasteiger partial charge in [-0.05, 0) is 85.3 Å². The highest BCUT2D eigenvalue weighted by atomic mass is 19.4. The number of carbonyl (C=O) groups is 3. The Kier molecular flexibility index (Phi) is 11.7. The molecule has 10 nitrogen and oxygen atoms in total. The molecule has 0 saturated carbocycles. The topological polar surface area (TPSA) is 169 Å². The Bertz CT molecular complexity index is 1740. The van der Waals surface area contributed by atoms with Crippen LogP contribution in [0.15, 0.2) is 97.1 Å². The molecule has 0 fully saturated rings. The summed E-state index contributed by atoms with van der Waals surface area (Å²) in [6.45, 7) is 1.92. The summed E-state index contributed by atoms with van der Waals surface area (Å²) in [6, 6.07) is 24.1. The highest BCUT2D eigenvalue weighted by molar-refractivity contribution is 6.04. The normalized spacial score (nSPS) is 11.6. The minimum atomic E-state index is -5.08. The molecule has 3 amide bonds. The molecular weight excluding hydrogens is 646 g/mol. The lowest BCUT2D eigenvalue weighted by molar-refractivity contribution is -0.192. The van der Waals surface area contributed by atoms with Crippen molar-refractivity contribution in [3.8, 4) is 0 Å². The van der Waals surface area contributed by atoms with Crippen molar-refractivity contribution in [2.75, 3.05) is 21.3 Å². The number of amides is 3. The number of anilines is 4. The van der Waals surface area contributed by atoms with Crippen molar-refractivity contribution in [1.29, 1.82) is 5.41 Å². The Morgan fingerprint density at radius 3 is 1.69 bits per heavy atom. The molecule has 16 heteroatoms. The number of carboxylic acids is 1. The second-order valence-corrected chi connectivity index (χ2v) is 9.94. The van der Waals surface area contributed by atoms with E-state index in [0.717, 1.165) is 17.7 Å². The van der Waals surface area contributed by atoms with E-state index in [0.29, 0.717) is 28.2 Å². The van der Waals surface area contributed by atoms with Crippen LogP contribution >= 0.6 is 0 Å². The van der Waals surface area contributed by atoms with E-state index in [2.05, 4.69) is 21.3 Å². The molecule has 0 aliphatic heterocycles. The summed E-state index contributed by atoms with van der Waals surface area (Å²) in [7, 11) is 0. The molecule has 4 aromatic carbocycles. The van der Waals surface area contributed by atoms with Gasteiger partial charge in [-0.25, -0.2) is 9.59 Å². The number of carbonyl (C=O) groups excluding carboxylic acids is 2. The van der Waals surface area contributed by atoms with Gasteiger partial charge in [0.15, 0.2) is 0 Å².